The van der Waals surface area contributed by atoms with Crippen LogP contribution in [0.1, 0.15) is 31.4 Å². The maximum Gasteiger partial charge on any atom is 0.0469 e. The molecule has 0 amide bonds. The molecule has 0 aliphatic heterocycles. The molecule has 124 valence electrons. The van der Waals surface area contributed by atoms with Crippen LogP contribution in [0, 0.1) is 5.41 Å². The Hall–Kier alpha value is -2.12. The van der Waals surface area contributed by atoms with E-state index in [-0.39, 0.29) is 5.41 Å². The SMILES string of the molecule is CC1(C)C=CC(N(Cc2ccccc2)Cc2ccccc2)C=CC1. The summed E-state index contributed by atoms with van der Waals surface area (Å²) in [4.78, 5) is 2.54. The Kier molecular flexibility index (Phi) is 5.32. The predicted molar refractivity (Wildman–Crippen MR) is 103 cm³/mol. The molecule has 0 bridgehead atoms. The summed E-state index contributed by atoms with van der Waals surface area (Å²) in [5.41, 5.74) is 2.97. The number of hydrogen-bond donors (Lipinski definition) is 0. The molecule has 0 saturated heterocycles. The molecule has 0 saturated carbocycles. The van der Waals surface area contributed by atoms with Gasteiger partial charge in [-0.1, -0.05) is 98.8 Å². The molecule has 1 aliphatic rings. The Morgan fingerprint density at radius 2 is 1.38 bits per heavy atom. The lowest BCUT2D eigenvalue weighted by Crippen LogP contribution is -2.31. The van der Waals surface area contributed by atoms with Gasteiger partial charge in [-0.2, -0.15) is 0 Å². The quantitative estimate of drug-likeness (QED) is 0.649. The van der Waals surface area contributed by atoms with Gasteiger partial charge in [0.15, 0.2) is 0 Å². The van der Waals surface area contributed by atoms with Crippen molar-refractivity contribution in [3.8, 4) is 0 Å². The standard InChI is InChI=1S/C23H27N/c1-23(2)16-9-14-22(15-17-23)24(18-20-10-5-3-6-11-20)19-21-12-7-4-8-13-21/h3-15,17,22H,16,18-19H2,1-2H3. The molecule has 0 spiro atoms. The molecule has 1 atom stereocenters. The summed E-state index contributed by atoms with van der Waals surface area (Å²) in [6.45, 7) is 6.51. The minimum Gasteiger partial charge on any atom is -0.285 e. The molecule has 2 aromatic rings. The minimum absolute atomic E-state index is 0.246. The van der Waals surface area contributed by atoms with E-state index < -0.39 is 0 Å². The van der Waals surface area contributed by atoms with Crippen molar-refractivity contribution in [2.75, 3.05) is 0 Å². The van der Waals surface area contributed by atoms with Crippen molar-refractivity contribution in [1.82, 2.24) is 4.90 Å². The maximum absolute atomic E-state index is 2.54. The first-order valence-electron chi connectivity index (χ1n) is 8.80. The van der Waals surface area contributed by atoms with Gasteiger partial charge in [-0.05, 0) is 23.0 Å². The summed E-state index contributed by atoms with van der Waals surface area (Å²) in [5.74, 6) is 0. The Labute approximate surface area is 146 Å². The van der Waals surface area contributed by atoms with Gasteiger partial charge < -0.3 is 0 Å². The lowest BCUT2D eigenvalue weighted by atomic mass is 9.90. The first-order chi connectivity index (χ1) is 11.6. The lowest BCUT2D eigenvalue weighted by molar-refractivity contribution is 0.241. The van der Waals surface area contributed by atoms with E-state index in [9.17, 15) is 0 Å². The summed E-state index contributed by atoms with van der Waals surface area (Å²) in [6.07, 6.45) is 10.5. The first-order valence-corrected chi connectivity index (χ1v) is 8.80. The van der Waals surface area contributed by atoms with Gasteiger partial charge in [-0.3, -0.25) is 4.90 Å². The van der Waals surface area contributed by atoms with Crippen LogP contribution in [0.2, 0.25) is 0 Å². The molecule has 0 heterocycles. The normalized spacial score (nSPS) is 19.4. The Morgan fingerprint density at radius 3 is 1.92 bits per heavy atom. The van der Waals surface area contributed by atoms with Crippen molar-refractivity contribution in [3.05, 3.63) is 96.1 Å². The van der Waals surface area contributed by atoms with E-state index >= 15 is 0 Å². The van der Waals surface area contributed by atoms with Gasteiger partial charge in [0.25, 0.3) is 0 Å². The van der Waals surface area contributed by atoms with Crippen molar-refractivity contribution in [2.24, 2.45) is 5.41 Å². The van der Waals surface area contributed by atoms with Crippen LogP contribution >= 0.6 is 0 Å². The van der Waals surface area contributed by atoms with Crippen molar-refractivity contribution >= 4 is 0 Å². The Bertz CT molecular complexity index is 641. The molecule has 1 unspecified atom stereocenters. The Balaban J connectivity index is 1.84. The van der Waals surface area contributed by atoms with Crippen LogP contribution in [0.3, 0.4) is 0 Å². The number of nitrogens with zero attached hydrogens (tertiary/aromatic N) is 1. The van der Waals surface area contributed by atoms with Gasteiger partial charge in [0.1, 0.15) is 0 Å². The second-order valence-electron chi connectivity index (χ2n) is 7.35. The third-order valence-corrected chi connectivity index (χ3v) is 4.60. The van der Waals surface area contributed by atoms with E-state index in [1.54, 1.807) is 0 Å². The maximum atomic E-state index is 2.54. The molecular formula is C23H27N. The highest BCUT2D eigenvalue weighted by atomic mass is 15.1. The molecule has 1 aliphatic carbocycles. The van der Waals surface area contributed by atoms with E-state index in [1.807, 2.05) is 0 Å². The van der Waals surface area contributed by atoms with Gasteiger partial charge in [-0.25, -0.2) is 0 Å². The molecular weight excluding hydrogens is 290 g/mol. The third kappa shape index (κ3) is 4.69. The fourth-order valence-electron chi connectivity index (χ4n) is 3.15. The minimum atomic E-state index is 0.246. The van der Waals surface area contributed by atoms with E-state index in [4.69, 9.17) is 0 Å². The van der Waals surface area contributed by atoms with Gasteiger partial charge in [0.05, 0.1) is 0 Å². The van der Waals surface area contributed by atoms with E-state index in [0.29, 0.717) is 6.04 Å². The summed E-state index contributed by atoms with van der Waals surface area (Å²) >= 11 is 0. The van der Waals surface area contributed by atoms with Crippen LogP contribution in [0.15, 0.2) is 85.0 Å². The van der Waals surface area contributed by atoms with Crippen LogP contribution in [0.4, 0.5) is 0 Å². The zero-order valence-corrected chi connectivity index (χ0v) is 14.7. The van der Waals surface area contributed by atoms with Crippen molar-refractivity contribution in [3.63, 3.8) is 0 Å². The molecule has 1 nitrogen and oxygen atoms in total. The van der Waals surface area contributed by atoms with Gasteiger partial charge in [0.2, 0.25) is 0 Å². The first kappa shape index (κ1) is 16.7. The number of rotatable bonds is 5. The average Bonchev–Trinajstić information content (AvgIpc) is 2.77. The van der Waals surface area contributed by atoms with Crippen LogP contribution in [-0.4, -0.2) is 10.9 Å². The highest BCUT2D eigenvalue weighted by Crippen LogP contribution is 2.27. The van der Waals surface area contributed by atoms with E-state index in [1.165, 1.54) is 11.1 Å². The Morgan fingerprint density at radius 1 is 0.833 bits per heavy atom. The highest BCUT2D eigenvalue weighted by Gasteiger charge is 2.20. The fraction of sp³-hybridized carbons (Fsp3) is 0.304. The van der Waals surface area contributed by atoms with Gasteiger partial charge >= 0.3 is 0 Å². The van der Waals surface area contributed by atoms with Crippen LogP contribution in [0.25, 0.3) is 0 Å². The van der Waals surface area contributed by atoms with Crippen LogP contribution < -0.4 is 0 Å². The van der Waals surface area contributed by atoms with Crippen LogP contribution in [-0.2, 0) is 13.1 Å². The monoisotopic (exact) mass is 317 g/mol. The summed E-state index contributed by atoms with van der Waals surface area (Å²) in [7, 11) is 0. The van der Waals surface area contributed by atoms with Gasteiger partial charge in [0, 0.05) is 19.1 Å². The lowest BCUT2D eigenvalue weighted by Gasteiger charge is -2.28. The largest absolute Gasteiger partial charge is 0.285 e. The molecule has 2 aromatic carbocycles. The second kappa shape index (κ2) is 7.63. The second-order valence-corrected chi connectivity index (χ2v) is 7.35. The molecule has 0 fully saturated rings. The molecule has 1 heteroatoms. The van der Waals surface area contributed by atoms with E-state index in [2.05, 4.69) is 104 Å². The summed E-state index contributed by atoms with van der Waals surface area (Å²) in [6, 6.07) is 21.9. The topological polar surface area (TPSA) is 3.24 Å². The third-order valence-electron chi connectivity index (χ3n) is 4.60. The smallest absolute Gasteiger partial charge is 0.0469 e. The summed E-state index contributed by atoms with van der Waals surface area (Å²) in [5, 5.41) is 0. The zero-order valence-electron chi connectivity index (χ0n) is 14.7. The average molecular weight is 317 g/mol. The summed E-state index contributed by atoms with van der Waals surface area (Å²) < 4.78 is 0. The van der Waals surface area contributed by atoms with Crippen molar-refractivity contribution in [2.45, 2.75) is 39.4 Å². The molecule has 0 N–H and O–H groups in total. The molecule has 24 heavy (non-hydrogen) atoms. The molecule has 0 aromatic heterocycles. The molecule has 3 rings (SSSR count). The number of allylic oxidation sites excluding steroid dienone is 2. The number of benzene rings is 2. The van der Waals surface area contributed by atoms with Gasteiger partial charge in [-0.15, -0.1) is 0 Å². The zero-order chi connectivity index (χ0) is 16.8. The highest BCUT2D eigenvalue weighted by molar-refractivity contribution is 5.21. The van der Waals surface area contributed by atoms with Crippen molar-refractivity contribution in [1.29, 1.82) is 0 Å². The molecule has 0 radical (unpaired) electrons. The fourth-order valence-corrected chi connectivity index (χ4v) is 3.15. The van der Waals surface area contributed by atoms with E-state index in [0.717, 1.165) is 19.5 Å². The van der Waals surface area contributed by atoms with Crippen molar-refractivity contribution < 1.29 is 0 Å². The van der Waals surface area contributed by atoms with Crippen LogP contribution in [0.5, 0.6) is 0 Å². The number of hydrogen-bond acceptors (Lipinski definition) is 1. The predicted octanol–water partition coefficient (Wildman–Crippen LogP) is 5.60.